The number of carbonyl (C=O) groups excluding carboxylic acids is 3. The van der Waals surface area contributed by atoms with Crippen LogP contribution in [0.2, 0.25) is 0 Å². The summed E-state index contributed by atoms with van der Waals surface area (Å²) in [7, 11) is 0. The molecule has 0 aliphatic carbocycles. The van der Waals surface area contributed by atoms with Crippen LogP contribution < -0.4 is 10.6 Å². The zero-order chi connectivity index (χ0) is 28.5. The summed E-state index contributed by atoms with van der Waals surface area (Å²) in [5.41, 5.74) is 1.87. The van der Waals surface area contributed by atoms with Gasteiger partial charge in [0.15, 0.2) is 0 Å². The molecule has 2 rings (SSSR count). The number of nitrogens with zero attached hydrogens (tertiary/aromatic N) is 1. The van der Waals surface area contributed by atoms with Gasteiger partial charge in [0.1, 0.15) is 23.4 Å². The normalized spacial score (nSPS) is 12.7. The predicted octanol–water partition coefficient (Wildman–Crippen LogP) is 5.35. The maximum absolute atomic E-state index is 14.0. The highest BCUT2D eigenvalue weighted by Crippen LogP contribution is 2.32. The van der Waals surface area contributed by atoms with Crippen LogP contribution in [0.1, 0.15) is 49.9 Å². The van der Waals surface area contributed by atoms with Crippen molar-refractivity contribution in [2.24, 2.45) is 0 Å². The van der Waals surface area contributed by atoms with E-state index in [2.05, 4.69) is 17.2 Å². The van der Waals surface area contributed by atoms with Gasteiger partial charge in [-0.05, 0) is 70.2 Å². The Morgan fingerprint density at radius 2 is 1.74 bits per heavy atom. The summed E-state index contributed by atoms with van der Waals surface area (Å²) in [4.78, 5) is 41.8. The number of amides is 3. The first-order chi connectivity index (χ1) is 17.9. The predicted molar refractivity (Wildman–Crippen MR) is 153 cm³/mol. The first kappa shape index (κ1) is 30.8. The number of ether oxygens (including phenoxy) is 1. The molecule has 2 atom stereocenters. The van der Waals surface area contributed by atoms with E-state index in [1.54, 1.807) is 39.0 Å². The van der Waals surface area contributed by atoms with Crippen molar-refractivity contribution in [3.63, 3.8) is 0 Å². The van der Waals surface area contributed by atoms with Crippen LogP contribution in [-0.2, 0) is 14.3 Å². The number of para-hydroxylation sites is 2. The average molecular weight is 542 g/mol. The number of carbonyl (C=O) groups is 3. The van der Waals surface area contributed by atoms with Gasteiger partial charge >= 0.3 is 6.09 Å². The number of alkyl carbamates (subject to hydrolysis) is 1. The van der Waals surface area contributed by atoms with E-state index in [4.69, 9.17) is 4.74 Å². The van der Waals surface area contributed by atoms with Gasteiger partial charge in [0, 0.05) is 17.8 Å². The number of nitrogens with one attached hydrogen (secondary N) is 2. The summed E-state index contributed by atoms with van der Waals surface area (Å²) in [5.74, 6) is -0.532. The van der Waals surface area contributed by atoms with E-state index in [0.717, 1.165) is 11.1 Å². The molecule has 0 heterocycles. The Hall–Kier alpha value is -3.46. The van der Waals surface area contributed by atoms with Crippen molar-refractivity contribution in [3.05, 3.63) is 71.8 Å². The highest BCUT2D eigenvalue weighted by atomic mass is 32.2. The van der Waals surface area contributed by atoms with Crippen molar-refractivity contribution >= 4 is 35.4 Å². The number of phenolic OH excluding ortho intramolecular Hbond substituents is 1. The highest BCUT2D eigenvalue weighted by Gasteiger charge is 2.37. The fourth-order valence-corrected chi connectivity index (χ4v) is 4.45. The minimum Gasteiger partial charge on any atom is -0.508 e. The minimum absolute atomic E-state index is 0.00374. The number of benzene rings is 2. The van der Waals surface area contributed by atoms with Gasteiger partial charge in [-0.2, -0.15) is 11.8 Å². The number of rotatable bonds is 11. The van der Waals surface area contributed by atoms with Crippen LogP contribution in [0.4, 0.5) is 10.5 Å². The summed E-state index contributed by atoms with van der Waals surface area (Å²) in [6.45, 7) is 12.8. The number of anilines is 1. The van der Waals surface area contributed by atoms with Crippen LogP contribution in [-0.4, -0.2) is 58.1 Å². The number of hydrogen-bond donors (Lipinski definition) is 3. The summed E-state index contributed by atoms with van der Waals surface area (Å²) < 4.78 is 5.39. The van der Waals surface area contributed by atoms with Crippen molar-refractivity contribution in [2.45, 2.75) is 58.7 Å². The van der Waals surface area contributed by atoms with Gasteiger partial charge in [-0.15, -0.1) is 6.58 Å². The first-order valence-corrected chi connectivity index (χ1v) is 13.8. The third kappa shape index (κ3) is 8.55. The Bertz CT molecular complexity index is 1130. The maximum atomic E-state index is 14.0. The van der Waals surface area contributed by atoms with Crippen LogP contribution in [0.15, 0.2) is 55.1 Å². The average Bonchev–Trinajstić information content (AvgIpc) is 2.83. The van der Waals surface area contributed by atoms with Gasteiger partial charge in [0.25, 0.3) is 5.91 Å². The number of thioether (sulfide) groups is 1. The molecule has 8 nitrogen and oxygen atoms in total. The molecular weight excluding hydrogens is 502 g/mol. The second-order valence-electron chi connectivity index (χ2n) is 9.98. The zero-order valence-corrected chi connectivity index (χ0v) is 23.9. The summed E-state index contributed by atoms with van der Waals surface area (Å²) >= 11 is 1.53. The lowest BCUT2D eigenvalue weighted by Crippen LogP contribution is -2.52. The van der Waals surface area contributed by atoms with Crippen LogP contribution in [0.5, 0.6) is 5.75 Å². The van der Waals surface area contributed by atoms with Gasteiger partial charge in [0.2, 0.25) is 5.91 Å². The first-order valence-electron chi connectivity index (χ1n) is 12.4. The van der Waals surface area contributed by atoms with E-state index in [1.807, 2.05) is 38.3 Å². The molecule has 2 aromatic carbocycles. The standard InChI is InChI=1S/C29H39N3O5S/c1-8-17-32(27(35)22(16-18-38-7)30-28(36)37-29(4,5)6)25(21-14-9-10-15-23(21)33)26(34)31-24-19(2)12-11-13-20(24)3/h8-15,22,25,33H,1,16-18H2,2-7H3,(H,30,36)(H,31,34). The van der Waals surface area contributed by atoms with Crippen molar-refractivity contribution < 1.29 is 24.2 Å². The molecule has 38 heavy (non-hydrogen) atoms. The van der Waals surface area contributed by atoms with E-state index in [0.29, 0.717) is 17.9 Å². The lowest BCUT2D eigenvalue weighted by molar-refractivity contribution is -0.140. The Morgan fingerprint density at radius 1 is 1.11 bits per heavy atom. The number of hydrogen-bond acceptors (Lipinski definition) is 6. The van der Waals surface area contributed by atoms with E-state index in [-0.39, 0.29) is 17.9 Å². The lowest BCUT2D eigenvalue weighted by Gasteiger charge is -2.34. The molecule has 3 amide bonds. The van der Waals surface area contributed by atoms with Crippen LogP contribution in [0, 0.1) is 13.8 Å². The molecule has 0 bridgehead atoms. The monoisotopic (exact) mass is 541 g/mol. The zero-order valence-electron chi connectivity index (χ0n) is 23.0. The van der Waals surface area contributed by atoms with Crippen molar-refractivity contribution in [1.82, 2.24) is 10.2 Å². The summed E-state index contributed by atoms with van der Waals surface area (Å²) in [6, 6.07) is 9.91. The molecule has 0 saturated heterocycles. The van der Waals surface area contributed by atoms with Gasteiger partial charge < -0.3 is 25.4 Å². The molecule has 0 saturated carbocycles. The fourth-order valence-electron chi connectivity index (χ4n) is 3.98. The van der Waals surface area contributed by atoms with Crippen molar-refractivity contribution in [3.8, 4) is 5.75 Å². The number of phenols is 1. The Morgan fingerprint density at radius 3 is 2.29 bits per heavy atom. The van der Waals surface area contributed by atoms with E-state index in [9.17, 15) is 19.5 Å². The summed E-state index contributed by atoms with van der Waals surface area (Å²) in [6.07, 6.45) is 3.00. The molecule has 0 spiro atoms. The van der Waals surface area contributed by atoms with E-state index < -0.39 is 35.6 Å². The topological polar surface area (TPSA) is 108 Å². The second kappa shape index (κ2) is 13.9. The molecule has 9 heteroatoms. The van der Waals surface area contributed by atoms with Gasteiger partial charge in [-0.3, -0.25) is 9.59 Å². The minimum atomic E-state index is -1.20. The van der Waals surface area contributed by atoms with Gasteiger partial charge in [-0.25, -0.2) is 4.79 Å². The maximum Gasteiger partial charge on any atom is 0.408 e. The Balaban J connectivity index is 2.54. The molecule has 2 aromatic rings. The molecule has 206 valence electrons. The molecule has 0 fully saturated rings. The quantitative estimate of drug-likeness (QED) is 0.331. The number of aryl methyl sites for hydroxylation is 2. The molecule has 0 aliphatic rings. The molecular formula is C29H39N3O5S. The smallest absolute Gasteiger partial charge is 0.408 e. The van der Waals surface area contributed by atoms with E-state index in [1.165, 1.54) is 28.8 Å². The lowest BCUT2D eigenvalue weighted by atomic mass is 10.0. The van der Waals surface area contributed by atoms with E-state index >= 15 is 0 Å². The van der Waals surface area contributed by atoms with Crippen LogP contribution in [0.3, 0.4) is 0 Å². The largest absolute Gasteiger partial charge is 0.508 e. The third-order valence-corrected chi connectivity index (χ3v) is 6.37. The second-order valence-corrected chi connectivity index (χ2v) is 11.0. The van der Waals surface area contributed by atoms with Crippen molar-refractivity contribution in [2.75, 3.05) is 23.9 Å². The summed E-state index contributed by atoms with van der Waals surface area (Å²) in [5, 5.41) is 16.4. The van der Waals surface area contributed by atoms with Crippen LogP contribution >= 0.6 is 11.8 Å². The highest BCUT2D eigenvalue weighted by molar-refractivity contribution is 7.98. The van der Waals surface area contributed by atoms with Crippen molar-refractivity contribution in [1.29, 1.82) is 0 Å². The Kier molecular flexibility index (Phi) is 11.3. The molecule has 2 unspecified atom stereocenters. The third-order valence-electron chi connectivity index (χ3n) is 5.73. The number of aromatic hydroxyl groups is 1. The SMILES string of the molecule is C=CCN(C(=O)C(CCSC)NC(=O)OC(C)(C)C)C(C(=O)Nc1c(C)cccc1C)c1ccccc1O. The molecule has 0 radical (unpaired) electrons. The van der Waals surface area contributed by atoms with Gasteiger partial charge in [-0.1, -0.05) is 42.5 Å². The van der Waals surface area contributed by atoms with Gasteiger partial charge in [0.05, 0.1) is 0 Å². The molecule has 3 N–H and O–H groups in total. The fraction of sp³-hybridized carbons (Fsp3) is 0.414. The Labute approximate surface area is 229 Å². The van der Waals surface area contributed by atoms with Crippen LogP contribution in [0.25, 0.3) is 0 Å². The molecule has 0 aliphatic heterocycles. The molecule has 0 aromatic heterocycles.